The minimum atomic E-state index is 0.578. The Kier molecular flexibility index (Phi) is 3.17. The molecule has 0 fully saturated rings. The van der Waals surface area contributed by atoms with Crippen LogP contribution in [-0.2, 0) is 0 Å². The van der Waals surface area contributed by atoms with E-state index in [0.717, 1.165) is 5.75 Å². The largest absolute Gasteiger partial charge is 0.492 e. The summed E-state index contributed by atoms with van der Waals surface area (Å²) in [6, 6.07) is 14.3. The van der Waals surface area contributed by atoms with Crippen LogP contribution in [-0.4, -0.2) is 13.2 Å². The van der Waals surface area contributed by atoms with Gasteiger partial charge in [-0.3, -0.25) is 11.3 Å². The monoisotopic (exact) mass is 202 g/mol. The van der Waals surface area contributed by atoms with E-state index in [1.54, 1.807) is 0 Å². The first kappa shape index (κ1) is 9.96. The third-order valence-corrected chi connectivity index (χ3v) is 2.24. The number of hydrogen-bond donors (Lipinski definition) is 2. The Labute approximate surface area is 88.8 Å². The van der Waals surface area contributed by atoms with Gasteiger partial charge in [0.25, 0.3) is 0 Å². The molecule has 3 N–H and O–H groups in total. The molecular weight excluding hydrogens is 188 g/mol. The Balaban J connectivity index is 2.16. The first-order valence-electron chi connectivity index (χ1n) is 4.95. The van der Waals surface area contributed by atoms with Gasteiger partial charge in [-0.15, -0.1) is 0 Å². The summed E-state index contributed by atoms with van der Waals surface area (Å²) in [5.41, 5.74) is 2.55. The molecule has 0 amide bonds. The average Bonchev–Trinajstić information content (AvgIpc) is 2.29. The van der Waals surface area contributed by atoms with Crippen molar-refractivity contribution in [2.24, 2.45) is 5.84 Å². The van der Waals surface area contributed by atoms with Crippen molar-refractivity contribution in [3.63, 3.8) is 0 Å². The third kappa shape index (κ3) is 2.46. The molecule has 2 aromatic carbocycles. The highest BCUT2D eigenvalue weighted by Gasteiger charge is 1.95. The quantitative estimate of drug-likeness (QED) is 0.450. The summed E-state index contributed by atoms with van der Waals surface area (Å²) in [6.07, 6.45) is 0. The van der Waals surface area contributed by atoms with Gasteiger partial charge in [0.2, 0.25) is 0 Å². The van der Waals surface area contributed by atoms with Crippen LogP contribution in [0.3, 0.4) is 0 Å². The highest BCUT2D eigenvalue weighted by Crippen LogP contribution is 2.20. The van der Waals surface area contributed by atoms with Crippen LogP contribution in [0.15, 0.2) is 42.5 Å². The lowest BCUT2D eigenvalue weighted by atomic mass is 10.1. The lowest BCUT2D eigenvalue weighted by Crippen LogP contribution is -2.27. The van der Waals surface area contributed by atoms with E-state index in [2.05, 4.69) is 23.6 Å². The van der Waals surface area contributed by atoms with Crippen molar-refractivity contribution in [3.8, 4) is 5.75 Å². The van der Waals surface area contributed by atoms with E-state index in [0.29, 0.717) is 13.2 Å². The minimum Gasteiger partial charge on any atom is -0.492 e. The standard InChI is InChI=1S/C12H14N2O/c13-14-7-8-15-12-6-5-10-3-1-2-4-11(10)9-12/h1-6,9,14H,7-8,13H2. The molecule has 0 spiro atoms. The lowest BCUT2D eigenvalue weighted by molar-refractivity contribution is 0.315. The van der Waals surface area contributed by atoms with Crippen molar-refractivity contribution < 1.29 is 4.74 Å². The van der Waals surface area contributed by atoms with Gasteiger partial charge in [-0.25, -0.2) is 0 Å². The molecule has 2 rings (SSSR count). The summed E-state index contributed by atoms with van der Waals surface area (Å²) < 4.78 is 5.51. The smallest absolute Gasteiger partial charge is 0.120 e. The zero-order valence-electron chi connectivity index (χ0n) is 8.44. The molecule has 0 unspecified atom stereocenters. The van der Waals surface area contributed by atoms with Gasteiger partial charge in [0, 0.05) is 6.54 Å². The van der Waals surface area contributed by atoms with Crippen molar-refractivity contribution >= 4 is 10.8 Å². The number of benzene rings is 2. The van der Waals surface area contributed by atoms with Crippen LogP contribution >= 0.6 is 0 Å². The van der Waals surface area contributed by atoms with Crippen LogP contribution in [0.4, 0.5) is 0 Å². The van der Waals surface area contributed by atoms with Crippen LogP contribution in [0.1, 0.15) is 0 Å². The first-order chi connectivity index (χ1) is 7.40. The van der Waals surface area contributed by atoms with Crippen molar-refractivity contribution in [2.45, 2.75) is 0 Å². The van der Waals surface area contributed by atoms with Crippen molar-refractivity contribution in [2.75, 3.05) is 13.2 Å². The lowest BCUT2D eigenvalue weighted by Gasteiger charge is -2.06. The van der Waals surface area contributed by atoms with Crippen LogP contribution in [0, 0.1) is 0 Å². The van der Waals surface area contributed by atoms with E-state index in [4.69, 9.17) is 10.6 Å². The van der Waals surface area contributed by atoms with Gasteiger partial charge in [-0.2, -0.15) is 0 Å². The molecule has 78 valence electrons. The Morgan fingerprint density at radius 1 is 1.07 bits per heavy atom. The maximum Gasteiger partial charge on any atom is 0.120 e. The fourth-order valence-electron chi connectivity index (χ4n) is 1.48. The number of nitrogens with one attached hydrogen (secondary N) is 1. The number of fused-ring (bicyclic) bond motifs is 1. The van der Waals surface area contributed by atoms with Gasteiger partial charge in [0.1, 0.15) is 12.4 Å². The van der Waals surface area contributed by atoms with Crippen LogP contribution in [0.5, 0.6) is 5.75 Å². The zero-order chi connectivity index (χ0) is 10.5. The number of hydrogen-bond acceptors (Lipinski definition) is 3. The van der Waals surface area contributed by atoms with E-state index in [9.17, 15) is 0 Å². The predicted molar refractivity (Wildman–Crippen MR) is 61.6 cm³/mol. The van der Waals surface area contributed by atoms with Gasteiger partial charge in [-0.05, 0) is 22.9 Å². The second-order valence-corrected chi connectivity index (χ2v) is 3.31. The Morgan fingerprint density at radius 3 is 2.67 bits per heavy atom. The van der Waals surface area contributed by atoms with Gasteiger partial charge < -0.3 is 4.74 Å². The molecule has 3 nitrogen and oxygen atoms in total. The molecule has 15 heavy (non-hydrogen) atoms. The van der Waals surface area contributed by atoms with Gasteiger partial charge >= 0.3 is 0 Å². The second kappa shape index (κ2) is 4.77. The molecule has 3 heteroatoms. The van der Waals surface area contributed by atoms with E-state index in [1.807, 2.05) is 24.3 Å². The summed E-state index contributed by atoms with van der Waals surface area (Å²) in [7, 11) is 0. The van der Waals surface area contributed by atoms with E-state index < -0.39 is 0 Å². The van der Waals surface area contributed by atoms with E-state index in [-0.39, 0.29) is 0 Å². The number of rotatable bonds is 4. The normalized spacial score (nSPS) is 10.5. The molecule has 0 saturated carbocycles. The van der Waals surface area contributed by atoms with Crippen molar-refractivity contribution in [1.82, 2.24) is 5.43 Å². The molecule has 0 atom stereocenters. The topological polar surface area (TPSA) is 47.3 Å². The number of nitrogens with two attached hydrogens (primary N) is 1. The van der Waals surface area contributed by atoms with Gasteiger partial charge in [0.15, 0.2) is 0 Å². The summed E-state index contributed by atoms with van der Waals surface area (Å²) in [4.78, 5) is 0. The molecular formula is C12H14N2O. The summed E-state index contributed by atoms with van der Waals surface area (Å²) in [5, 5.41) is 2.41. The van der Waals surface area contributed by atoms with Crippen molar-refractivity contribution in [3.05, 3.63) is 42.5 Å². The fraction of sp³-hybridized carbons (Fsp3) is 0.167. The Morgan fingerprint density at radius 2 is 1.87 bits per heavy atom. The maximum atomic E-state index is 5.51. The molecule has 0 aromatic heterocycles. The minimum absolute atomic E-state index is 0.578. The molecule has 0 bridgehead atoms. The Bertz CT molecular complexity index is 442. The molecule has 0 saturated heterocycles. The number of hydrazine groups is 1. The third-order valence-electron chi connectivity index (χ3n) is 2.24. The summed E-state index contributed by atoms with van der Waals surface area (Å²) in [6.45, 7) is 1.22. The molecule has 0 heterocycles. The number of ether oxygens (including phenoxy) is 1. The van der Waals surface area contributed by atoms with Gasteiger partial charge in [-0.1, -0.05) is 30.3 Å². The highest BCUT2D eigenvalue weighted by atomic mass is 16.5. The molecule has 0 radical (unpaired) electrons. The molecule has 0 aliphatic heterocycles. The van der Waals surface area contributed by atoms with E-state index in [1.165, 1.54) is 10.8 Å². The fourth-order valence-corrected chi connectivity index (χ4v) is 1.48. The average molecular weight is 202 g/mol. The van der Waals surface area contributed by atoms with Crippen LogP contribution < -0.4 is 16.0 Å². The SMILES string of the molecule is NNCCOc1ccc2ccccc2c1. The maximum absolute atomic E-state index is 5.51. The van der Waals surface area contributed by atoms with Gasteiger partial charge in [0.05, 0.1) is 0 Å². The second-order valence-electron chi connectivity index (χ2n) is 3.31. The first-order valence-corrected chi connectivity index (χ1v) is 4.95. The molecule has 0 aliphatic carbocycles. The Hall–Kier alpha value is -1.58. The molecule has 0 aliphatic rings. The van der Waals surface area contributed by atoms with E-state index >= 15 is 0 Å². The molecule has 2 aromatic rings. The highest BCUT2D eigenvalue weighted by molar-refractivity contribution is 5.83. The summed E-state index contributed by atoms with van der Waals surface area (Å²) in [5.74, 6) is 6.03. The predicted octanol–water partition coefficient (Wildman–Crippen LogP) is 1.68. The van der Waals surface area contributed by atoms with Crippen LogP contribution in [0.25, 0.3) is 10.8 Å². The van der Waals surface area contributed by atoms with Crippen LogP contribution in [0.2, 0.25) is 0 Å². The van der Waals surface area contributed by atoms with Crippen molar-refractivity contribution in [1.29, 1.82) is 0 Å². The summed E-state index contributed by atoms with van der Waals surface area (Å²) >= 11 is 0. The zero-order valence-corrected chi connectivity index (χ0v) is 8.44.